The van der Waals surface area contributed by atoms with E-state index < -0.39 is 0 Å². The zero-order chi connectivity index (χ0) is 17.8. The molecule has 1 saturated heterocycles. The Morgan fingerprint density at radius 2 is 2.00 bits per heavy atom. The molecule has 0 radical (unpaired) electrons. The van der Waals surface area contributed by atoms with Crippen LogP contribution < -0.4 is 11.1 Å². The summed E-state index contributed by atoms with van der Waals surface area (Å²) < 4.78 is 0. The van der Waals surface area contributed by atoms with Crippen molar-refractivity contribution in [2.24, 2.45) is 17.6 Å². The number of halogens is 2. The monoisotopic (exact) mass is 416 g/mol. The van der Waals surface area contributed by atoms with E-state index in [1.807, 2.05) is 17.9 Å². The van der Waals surface area contributed by atoms with E-state index in [2.05, 4.69) is 10.3 Å². The number of nitrogens with one attached hydrogen (secondary N) is 1. The molecule has 27 heavy (non-hydrogen) atoms. The van der Waals surface area contributed by atoms with Gasteiger partial charge in [0, 0.05) is 31.7 Å². The summed E-state index contributed by atoms with van der Waals surface area (Å²) in [6.07, 6.45) is 7.11. The predicted octanol–water partition coefficient (Wildman–Crippen LogP) is 2.93. The number of hydrogen-bond acceptors (Lipinski definition) is 4. The summed E-state index contributed by atoms with van der Waals surface area (Å²) in [7, 11) is 0. The van der Waals surface area contributed by atoms with Crippen molar-refractivity contribution in [3.05, 3.63) is 23.9 Å². The van der Waals surface area contributed by atoms with E-state index in [0.29, 0.717) is 24.7 Å². The van der Waals surface area contributed by atoms with Crippen molar-refractivity contribution >= 4 is 42.4 Å². The molecule has 1 aliphatic carbocycles. The number of hydrogen-bond donors (Lipinski definition) is 2. The number of nitrogens with zero attached hydrogens (tertiary/aromatic N) is 2. The smallest absolute Gasteiger partial charge is 0.230 e. The lowest BCUT2D eigenvalue weighted by Gasteiger charge is -2.33. The lowest BCUT2D eigenvalue weighted by molar-refractivity contribution is -0.135. The van der Waals surface area contributed by atoms with Gasteiger partial charge in [-0.05, 0) is 50.2 Å². The van der Waals surface area contributed by atoms with E-state index in [-0.39, 0.29) is 48.6 Å². The number of piperidine rings is 1. The molecule has 1 saturated carbocycles. The summed E-state index contributed by atoms with van der Waals surface area (Å²) >= 11 is 0. The van der Waals surface area contributed by atoms with Crippen LogP contribution in [0, 0.1) is 18.8 Å². The highest BCUT2D eigenvalue weighted by Gasteiger charge is 2.32. The van der Waals surface area contributed by atoms with Crippen molar-refractivity contribution < 1.29 is 9.59 Å². The molecule has 1 aliphatic heterocycles. The lowest BCUT2D eigenvalue weighted by Crippen LogP contribution is -2.44. The maximum atomic E-state index is 12.6. The average molecular weight is 417 g/mol. The summed E-state index contributed by atoms with van der Waals surface area (Å²) in [5.41, 5.74) is 7.14. The predicted molar refractivity (Wildman–Crippen MR) is 111 cm³/mol. The van der Waals surface area contributed by atoms with Crippen LogP contribution in [0.15, 0.2) is 18.3 Å². The highest BCUT2D eigenvalue weighted by molar-refractivity contribution is 5.92. The molecule has 2 aliphatic rings. The molecule has 0 aromatic carbocycles. The van der Waals surface area contributed by atoms with Crippen LogP contribution in [0.3, 0.4) is 0 Å². The van der Waals surface area contributed by atoms with E-state index in [9.17, 15) is 9.59 Å². The van der Waals surface area contributed by atoms with Gasteiger partial charge in [0.15, 0.2) is 0 Å². The van der Waals surface area contributed by atoms with Crippen molar-refractivity contribution in [2.75, 3.05) is 18.4 Å². The molecule has 0 bridgehead atoms. The minimum Gasteiger partial charge on any atom is -0.342 e. The van der Waals surface area contributed by atoms with Crippen molar-refractivity contribution in [1.82, 2.24) is 9.88 Å². The normalized spacial score (nSPS) is 24.5. The quantitative estimate of drug-likeness (QED) is 0.789. The number of rotatable bonds is 4. The number of aryl methyl sites for hydroxylation is 1. The van der Waals surface area contributed by atoms with Crippen molar-refractivity contribution in [2.45, 2.75) is 51.5 Å². The molecule has 1 aromatic heterocycles. The molecule has 2 heterocycles. The van der Waals surface area contributed by atoms with Crippen LogP contribution in [-0.4, -0.2) is 40.8 Å². The number of carbonyl (C=O) groups is 2. The first-order chi connectivity index (χ1) is 12.0. The van der Waals surface area contributed by atoms with Crippen LogP contribution in [-0.2, 0) is 9.59 Å². The Morgan fingerprint density at radius 3 is 2.63 bits per heavy atom. The first kappa shape index (κ1) is 23.7. The molecule has 6 nitrogen and oxygen atoms in total. The number of pyridine rings is 1. The third-order valence-corrected chi connectivity index (χ3v) is 5.46. The molecule has 3 atom stereocenters. The van der Waals surface area contributed by atoms with E-state index in [1.54, 1.807) is 12.3 Å². The SMILES string of the molecule is Cc1ccc(NC(=O)C2CCCN(C(=O)C[C@@H]3CCC[C@H]3N)C2)nc1.Cl.Cl. The molecule has 1 unspecified atom stereocenters. The van der Waals surface area contributed by atoms with Gasteiger partial charge in [-0.3, -0.25) is 9.59 Å². The van der Waals surface area contributed by atoms with Crippen LogP contribution in [0.5, 0.6) is 0 Å². The van der Waals surface area contributed by atoms with E-state index >= 15 is 0 Å². The van der Waals surface area contributed by atoms with E-state index in [1.165, 1.54) is 0 Å². The van der Waals surface area contributed by atoms with Crippen LogP contribution in [0.25, 0.3) is 0 Å². The molecule has 3 rings (SSSR count). The van der Waals surface area contributed by atoms with Gasteiger partial charge in [0.05, 0.1) is 5.92 Å². The maximum Gasteiger partial charge on any atom is 0.230 e. The highest BCUT2D eigenvalue weighted by atomic mass is 35.5. The number of carbonyl (C=O) groups excluding carboxylic acids is 2. The maximum absolute atomic E-state index is 12.6. The Morgan fingerprint density at radius 1 is 1.22 bits per heavy atom. The molecular weight excluding hydrogens is 387 g/mol. The third-order valence-electron chi connectivity index (χ3n) is 5.46. The lowest BCUT2D eigenvalue weighted by atomic mass is 9.94. The van der Waals surface area contributed by atoms with Gasteiger partial charge in [0.25, 0.3) is 0 Å². The zero-order valence-corrected chi connectivity index (χ0v) is 17.4. The molecule has 2 amide bonds. The molecule has 1 aromatic rings. The third kappa shape index (κ3) is 6.33. The summed E-state index contributed by atoms with van der Waals surface area (Å²) in [6, 6.07) is 3.88. The molecule has 3 N–H and O–H groups in total. The molecule has 152 valence electrons. The van der Waals surface area contributed by atoms with Gasteiger partial charge < -0.3 is 16.0 Å². The average Bonchev–Trinajstić information content (AvgIpc) is 3.02. The minimum atomic E-state index is -0.168. The van der Waals surface area contributed by atoms with Crippen molar-refractivity contribution in [1.29, 1.82) is 0 Å². The van der Waals surface area contributed by atoms with Crippen LogP contribution in [0.4, 0.5) is 5.82 Å². The van der Waals surface area contributed by atoms with Gasteiger partial charge in [-0.25, -0.2) is 4.98 Å². The van der Waals surface area contributed by atoms with Gasteiger partial charge in [-0.1, -0.05) is 12.5 Å². The Balaban J connectivity index is 0.00000182. The Labute approximate surface area is 173 Å². The fourth-order valence-electron chi connectivity index (χ4n) is 3.86. The topological polar surface area (TPSA) is 88.3 Å². The second-order valence-electron chi connectivity index (χ2n) is 7.45. The van der Waals surface area contributed by atoms with Crippen molar-refractivity contribution in [3.63, 3.8) is 0 Å². The summed E-state index contributed by atoms with van der Waals surface area (Å²) in [5, 5.41) is 2.87. The molecule has 0 spiro atoms. The summed E-state index contributed by atoms with van der Waals surface area (Å²) in [6.45, 7) is 3.20. The minimum absolute atomic E-state index is 0. The first-order valence-electron chi connectivity index (χ1n) is 9.30. The van der Waals surface area contributed by atoms with E-state index in [4.69, 9.17) is 5.73 Å². The molecule has 2 fully saturated rings. The summed E-state index contributed by atoms with van der Waals surface area (Å²) in [4.78, 5) is 31.2. The number of aromatic nitrogens is 1. The van der Waals surface area contributed by atoms with Crippen LogP contribution in [0.1, 0.15) is 44.1 Å². The highest BCUT2D eigenvalue weighted by Crippen LogP contribution is 2.28. The second kappa shape index (κ2) is 10.8. The Kier molecular flexibility index (Phi) is 9.50. The van der Waals surface area contributed by atoms with Gasteiger partial charge in [-0.15, -0.1) is 24.8 Å². The van der Waals surface area contributed by atoms with Gasteiger partial charge in [-0.2, -0.15) is 0 Å². The fourth-order valence-corrected chi connectivity index (χ4v) is 3.86. The number of likely N-dealkylation sites (tertiary alicyclic amines) is 1. The van der Waals surface area contributed by atoms with Crippen LogP contribution in [0.2, 0.25) is 0 Å². The largest absolute Gasteiger partial charge is 0.342 e. The van der Waals surface area contributed by atoms with Gasteiger partial charge >= 0.3 is 0 Å². The Hall–Kier alpha value is -1.37. The first-order valence-corrected chi connectivity index (χ1v) is 9.30. The zero-order valence-electron chi connectivity index (χ0n) is 15.7. The van der Waals surface area contributed by atoms with Gasteiger partial charge in [0.1, 0.15) is 5.82 Å². The van der Waals surface area contributed by atoms with Gasteiger partial charge in [0.2, 0.25) is 11.8 Å². The van der Waals surface area contributed by atoms with Crippen LogP contribution >= 0.6 is 24.8 Å². The molecular formula is C19H30Cl2N4O2. The van der Waals surface area contributed by atoms with E-state index in [0.717, 1.165) is 44.2 Å². The van der Waals surface area contributed by atoms with Crippen molar-refractivity contribution in [3.8, 4) is 0 Å². The molecule has 8 heteroatoms. The summed E-state index contributed by atoms with van der Waals surface area (Å²) in [5.74, 6) is 0.798. The number of anilines is 1. The second-order valence-corrected chi connectivity index (χ2v) is 7.45. The number of nitrogens with two attached hydrogens (primary N) is 1. The Bertz CT molecular complexity index is 627. The fraction of sp³-hybridized carbons (Fsp3) is 0.632. The standard InChI is InChI=1S/C19H28N4O2.2ClH/c1-13-7-8-17(21-11-13)22-19(25)15-5-3-9-23(12-15)18(24)10-14-4-2-6-16(14)20;;/h7-8,11,14-16H,2-6,9-10,12,20H2,1H3,(H,21,22,25);2*1H/t14-,15?,16+;;/m0../s1. The number of amides is 2.